The molecule has 2 N–H and O–H groups in total. The standard InChI is InChI=1S/C12H22O2Si/c1-5-11(8-9-13)12(14)7-6-10-15(2,3)4/h5,11-14H,1,7-9H2,2-4H3/t11-,12?/m0/s1. The molecule has 2 atom stereocenters. The zero-order valence-corrected chi connectivity index (χ0v) is 11.0. The van der Waals surface area contributed by atoms with Gasteiger partial charge in [-0.1, -0.05) is 25.7 Å². The van der Waals surface area contributed by atoms with E-state index in [2.05, 4.69) is 37.7 Å². The highest BCUT2D eigenvalue weighted by atomic mass is 28.3. The van der Waals surface area contributed by atoms with Crippen molar-refractivity contribution in [2.75, 3.05) is 6.61 Å². The monoisotopic (exact) mass is 226 g/mol. The van der Waals surface area contributed by atoms with Crippen LogP contribution in [0.2, 0.25) is 19.6 Å². The molecule has 0 aliphatic carbocycles. The molecule has 0 rings (SSSR count). The molecule has 1 unspecified atom stereocenters. The molecule has 0 aromatic heterocycles. The fourth-order valence-corrected chi connectivity index (χ4v) is 1.82. The second-order valence-corrected chi connectivity index (χ2v) is 9.49. The van der Waals surface area contributed by atoms with E-state index in [0.29, 0.717) is 12.8 Å². The minimum absolute atomic E-state index is 0.0501. The van der Waals surface area contributed by atoms with Crippen molar-refractivity contribution in [2.45, 2.75) is 38.6 Å². The molecule has 0 saturated heterocycles. The van der Waals surface area contributed by atoms with E-state index in [1.165, 1.54) is 0 Å². The minimum atomic E-state index is -1.33. The smallest absolute Gasteiger partial charge is 0.129 e. The summed E-state index contributed by atoms with van der Waals surface area (Å²) >= 11 is 0. The van der Waals surface area contributed by atoms with Crippen molar-refractivity contribution in [3.8, 4) is 11.5 Å². The average Bonchev–Trinajstić information content (AvgIpc) is 2.11. The first kappa shape index (κ1) is 14.4. The van der Waals surface area contributed by atoms with Crippen molar-refractivity contribution in [1.29, 1.82) is 0 Å². The summed E-state index contributed by atoms with van der Waals surface area (Å²) < 4.78 is 0. The molecular weight excluding hydrogens is 204 g/mol. The Morgan fingerprint density at radius 1 is 1.40 bits per heavy atom. The SMILES string of the molecule is C=C[C@@H](CCO)C(O)CC#C[Si](C)(C)C. The van der Waals surface area contributed by atoms with Gasteiger partial charge in [-0.2, -0.15) is 0 Å². The third-order valence-corrected chi connectivity index (χ3v) is 2.96. The van der Waals surface area contributed by atoms with E-state index in [-0.39, 0.29) is 12.5 Å². The normalized spacial score (nSPS) is 15.0. The maximum Gasteiger partial charge on any atom is 0.129 e. The van der Waals surface area contributed by atoms with Crippen LogP contribution in [0, 0.1) is 17.4 Å². The lowest BCUT2D eigenvalue weighted by Crippen LogP contribution is -2.20. The number of hydrogen-bond donors (Lipinski definition) is 2. The largest absolute Gasteiger partial charge is 0.396 e. The van der Waals surface area contributed by atoms with Gasteiger partial charge in [-0.15, -0.1) is 18.0 Å². The molecule has 0 aromatic carbocycles. The topological polar surface area (TPSA) is 40.5 Å². The van der Waals surface area contributed by atoms with Gasteiger partial charge in [0.25, 0.3) is 0 Å². The Kier molecular flexibility index (Phi) is 6.58. The van der Waals surface area contributed by atoms with E-state index in [0.717, 1.165) is 0 Å². The van der Waals surface area contributed by atoms with Gasteiger partial charge in [0.05, 0.1) is 6.10 Å². The summed E-state index contributed by atoms with van der Waals surface area (Å²) in [6, 6.07) is 0. The summed E-state index contributed by atoms with van der Waals surface area (Å²) in [5.41, 5.74) is 3.21. The first-order valence-corrected chi connectivity index (χ1v) is 8.82. The quantitative estimate of drug-likeness (QED) is 0.426. The van der Waals surface area contributed by atoms with Crippen LogP contribution < -0.4 is 0 Å². The van der Waals surface area contributed by atoms with Crippen LogP contribution in [-0.2, 0) is 0 Å². The van der Waals surface area contributed by atoms with Gasteiger partial charge < -0.3 is 10.2 Å². The van der Waals surface area contributed by atoms with E-state index in [4.69, 9.17) is 5.11 Å². The van der Waals surface area contributed by atoms with Crippen LogP contribution in [0.4, 0.5) is 0 Å². The zero-order valence-electron chi connectivity index (χ0n) is 9.95. The number of hydrogen-bond acceptors (Lipinski definition) is 2. The molecule has 86 valence electrons. The van der Waals surface area contributed by atoms with Crippen LogP contribution in [0.3, 0.4) is 0 Å². The fraction of sp³-hybridized carbons (Fsp3) is 0.667. The third-order valence-electron chi connectivity index (χ3n) is 2.03. The van der Waals surface area contributed by atoms with Crippen molar-refractivity contribution in [3.63, 3.8) is 0 Å². The van der Waals surface area contributed by atoms with Gasteiger partial charge >= 0.3 is 0 Å². The van der Waals surface area contributed by atoms with E-state index in [9.17, 15) is 5.11 Å². The van der Waals surface area contributed by atoms with Crippen LogP contribution in [0.1, 0.15) is 12.8 Å². The van der Waals surface area contributed by atoms with Crippen molar-refractivity contribution >= 4 is 8.07 Å². The van der Waals surface area contributed by atoms with Gasteiger partial charge in [0.15, 0.2) is 0 Å². The fourth-order valence-electron chi connectivity index (χ4n) is 1.19. The summed E-state index contributed by atoms with van der Waals surface area (Å²) in [5, 5.41) is 18.6. The van der Waals surface area contributed by atoms with Gasteiger partial charge in [0, 0.05) is 18.9 Å². The Bertz CT molecular complexity index is 245. The van der Waals surface area contributed by atoms with E-state index in [1.807, 2.05) is 0 Å². The Balaban J connectivity index is 4.15. The maximum absolute atomic E-state index is 9.77. The summed E-state index contributed by atoms with van der Waals surface area (Å²) in [4.78, 5) is 0. The predicted molar refractivity (Wildman–Crippen MR) is 67.1 cm³/mol. The lowest BCUT2D eigenvalue weighted by Gasteiger charge is -2.16. The summed E-state index contributed by atoms with van der Waals surface area (Å²) in [6.45, 7) is 10.2. The molecule has 0 fully saturated rings. The Morgan fingerprint density at radius 3 is 2.40 bits per heavy atom. The number of rotatable bonds is 5. The Morgan fingerprint density at radius 2 is 2.00 bits per heavy atom. The zero-order chi connectivity index (χ0) is 11.9. The lowest BCUT2D eigenvalue weighted by atomic mass is 9.97. The minimum Gasteiger partial charge on any atom is -0.396 e. The van der Waals surface area contributed by atoms with Crippen LogP contribution >= 0.6 is 0 Å². The molecule has 2 nitrogen and oxygen atoms in total. The average molecular weight is 226 g/mol. The van der Waals surface area contributed by atoms with Crippen molar-refractivity contribution in [2.24, 2.45) is 5.92 Å². The van der Waals surface area contributed by atoms with Crippen LogP contribution in [0.5, 0.6) is 0 Å². The van der Waals surface area contributed by atoms with Crippen molar-refractivity contribution in [1.82, 2.24) is 0 Å². The number of aliphatic hydroxyl groups is 2. The molecule has 0 aliphatic heterocycles. The highest BCUT2D eigenvalue weighted by Gasteiger charge is 2.14. The molecule has 0 saturated carbocycles. The van der Waals surface area contributed by atoms with Gasteiger partial charge in [0.2, 0.25) is 0 Å². The molecule has 3 heteroatoms. The molecule has 0 heterocycles. The Labute approximate surface area is 94.0 Å². The van der Waals surface area contributed by atoms with Crippen molar-refractivity contribution < 1.29 is 10.2 Å². The van der Waals surface area contributed by atoms with Crippen LogP contribution in [0.25, 0.3) is 0 Å². The summed E-state index contributed by atoms with van der Waals surface area (Å²) in [7, 11) is -1.33. The molecule has 0 radical (unpaired) electrons. The van der Waals surface area contributed by atoms with E-state index >= 15 is 0 Å². The Hall–Kier alpha value is -0.563. The van der Waals surface area contributed by atoms with Crippen LogP contribution in [-0.4, -0.2) is 31.0 Å². The first-order valence-electron chi connectivity index (χ1n) is 5.32. The molecular formula is C12H22O2Si. The molecule has 15 heavy (non-hydrogen) atoms. The molecule has 0 bridgehead atoms. The van der Waals surface area contributed by atoms with Crippen LogP contribution in [0.15, 0.2) is 12.7 Å². The first-order chi connectivity index (χ1) is 6.90. The second kappa shape index (κ2) is 6.84. The van der Waals surface area contributed by atoms with Gasteiger partial charge in [0.1, 0.15) is 8.07 Å². The third kappa shape index (κ3) is 7.38. The number of aliphatic hydroxyl groups excluding tert-OH is 2. The lowest BCUT2D eigenvalue weighted by molar-refractivity contribution is 0.117. The molecule has 0 amide bonds. The molecule has 0 aliphatic rings. The van der Waals surface area contributed by atoms with Crippen molar-refractivity contribution in [3.05, 3.63) is 12.7 Å². The predicted octanol–water partition coefficient (Wildman–Crippen LogP) is 1.80. The summed E-state index contributed by atoms with van der Waals surface area (Å²) in [6.07, 6.45) is 2.22. The summed E-state index contributed by atoms with van der Waals surface area (Å²) in [5.74, 6) is 2.98. The maximum atomic E-state index is 9.77. The highest BCUT2D eigenvalue weighted by molar-refractivity contribution is 6.83. The molecule has 0 spiro atoms. The molecule has 0 aromatic rings. The highest BCUT2D eigenvalue weighted by Crippen LogP contribution is 2.12. The second-order valence-electron chi connectivity index (χ2n) is 4.74. The van der Waals surface area contributed by atoms with E-state index < -0.39 is 14.2 Å². The van der Waals surface area contributed by atoms with Gasteiger partial charge in [-0.25, -0.2) is 0 Å². The van der Waals surface area contributed by atoms with Gasteiger partial charge in [-0.05, 0) is 6.42 Å². The van der Waals surface area contributed by atoms with Gasteiger partial charge in [-0.3, -0.25) is 0 Å². The van der Waals surface area contributed by atoms with E-state index in [1.54, 1.807) is 6.08 Å².